The lowest BCUT2D eigenvalue weighted by molar-refractivity contribution is -0.137. The van der Waals surface area contributed by atoms with Crippen LogP contribution in [0.4, 0.5) is 30.5 Å². The minimum Gasteiger partial charge on any atom is -0.492 e. The lowest BCUT2D eigenvalue weighted by Gasteiger charge is -2.35. The number of carbonyl (C=O) groups is 1. The van der Waals surface area contributed by atoms with Gasteiger partial charge in [-0.2, -0.15) is 18.2 Å². The third-order valence-electron chi connectivity index (χ3n) is 4.20. The fraction of sp³-hybridized carbons (Fsp3) is 0.278. The third kappa shape index (κ3) is 4.70. The molecule has 7 nitrogen and oxygen atoms in total. The number of hydrogen-bond acceptors (Lipinski definition) is 7. The molecule has 0 bridgehead atoms. The van der Waals surface area contributed by atoms with Crippen LogP contribution < -0.4 is 10.2 Å². The monoisotopic (exact) mass is 393 g/mol. The highest BCUT2D eigenvalue weighted by Crippen LogP contribution is 2.32. The summed E-state index contributed by atoms with van der Waals surface area (Å²) in [5, 5.41) is 12.6. The number of halogens is 3. The summed E-state index contributed by atoms with van der Waals surface area (Å²) >= 11 is 0. The Kier molecular flexibility index (Phi) is 5.67. The van der Waals surface area contributed by atoms with Crippen molar-refractivity contribution in [1.82, 2.24) is 14.9 Å². The molecule has 1 saturated heterocycles. The summed E-state index contributed by atoms with van der Waals surface area (Å²) in [5.74, 6) is 0.430. The van der Waals surface area contributed by atoms with E-state index < -0.39 is 11.7 Å². The van der Waals surface area contributed by atoms with Gasteiger partial charge in [0, 0.05) is 38.1 Å². The van der Waals surface area contributed by atoms with E-state index in [0.717, 1.165) is 12.1 Å². The van der Waals surface area contributed by atoms with E-state index in [0.29, 0.717) is 44.0 Å². The molecule has 1 aliphatic rings. The highest BCUT2D eigenvalue weighted by atomic mass is 19.4. The van der Waals surface area contributed by atoms with Crippen LogP contribution in [0.5, 0.6) is 5.88 Å². The van der Waals surface area contributed by atoms with Crippen LogP contribution in [0.1, 0.15) is 5.56 Å². The van der Waals surface area contributed by atoms with Crippen molar-refractivity contribution in [3.8, 4) is 5.88 Å². The van der Waals surface area contributed by atoms with Gasteiger partial charge in [0.1, 0.15) is 6.29 Å². The van der Waals surface area contributed by atoms with E-state index in [1.807, 2.05) is 9.80 Å². The first-order chi connectivity index (χ1) is 13.4. The smallest absolute Gasteiger partial charge is 0.416 e. The average Bonchev–Trinajstić information content (AvgIpc) is 2.67. The minimum atomic E-state index is -4.41. The number of piperazine rings is 1. The summed E-state index contributed by atoms with van der Waals surface area (Å²) in [6, 6.07) is 4.52. The maximum absolute atomic E-state index is 12.7. The Balaban J connectivity index is 1.76. The number of hydrogen-bond donors (Lipinski definition) is 2. The zero-order valence-corrected chi connectivity index (χ0v) is 14.7. The number of aromatic hydroxyl groups is 1. The molecule has 1 aromatic carbocycles. The van der Waals surface area contributed by atoms with Gasteiger partial charge in [-0.05, 0) is 30.3 Å². The zero-order chi connectivity index (χ0) is 20.1. The normalized spacial score (nSPS) is 15.1. The molecule has 2 heterocycles. The van der Waals surface area contributed by atoms with Crippen LogP contribution in [-0.2, 0) is 11.0 Å². The van der Waals surface area contributed by atoms with E-state index in [2.05, 4.69) is 15.3 Å². The first kappa shape index (κ1) is 19.5. The topological polar surface area (TPSA) is 81.6 Å². The number of aromatic nitrogens is 2. The van der Waals surface area contributed by atoms with Gasteiger partial charge in [0.2, 0.25) is 5.88 Å². The Hall–Kier alpha value is -3.30. The van der Waals surface area contributed by atoms with Crippen LogP contribution in [0, 0.1) is 0 Å². The van der Waals surface area contributed by atoms with Gasteiger partial charge in [-0.15, -0.1) is 0 Å². The van der Waals surface area contributed by atoms with E-state index in [4.69, 9.17) is 0 Å². The molecule has 0 amide bonds. The van der Waals surface area contributed by atoms with E-state index in [1.165, 1.54) is 24.4 Å². The SMILES string of the molecule is O=CC=CN1CCN(c2ncc(O)nc2Nc2ccc(C(F)(F)F)cc2)CC1. The number of aldehydes is 1. The van der Waals surface area contributed by atoms with Gasteiger partial charge in [0.25, 0.3) is 0 Å². The molecule has 2 N–H and O–H groups in total. The van der Waals surface area contributed by atoms with Gasteiger partial charge >= 0.3 is 6.18 Å². The fourth-order valence-electron chi connectivity index (χ4n) is 2.81. The van der Waals surface area contributed by atoms with E-state index in [9.17, 15) is 23.1 Å². The van der Waals surface area contributed by atoms with Crippen molar-refractivity contribution >= 4 is 23.6 Å². The second-order valence-corrected chi connectivity index (χ2v) is 6.10. The zero-order valence-electron chi connectivity index (χ0n) is 14.7. The average molecular weight is 393 g/mol. The van der Waals surface area contributed by atoms with Crippen molar-refractivity contribution in [2.24, 2.45) is 0 Å². The number of nitrogens with zero attached hydrogens (tertiary/aromatic N) is 4. The summed E-state index contributed by atoms with van der Waals surface area (Å²) in [6.45, 7) is 2.52. The lowest BCUT2D eigenvalue weighted by Crippen LogP contribution is -2.44. The summed E-state index contributed by atoms with van der Waals surface area (Å²) in [4.78, 5) is 22.6. The predicted octanol–water partition coefficient (Wildman–Crippen LogP) is 2.78. The first-order valence-corrected chi connectivity index (χ1v) is 8.48. The van der Waals surface area contributed by atoms with Gasteiger partial charge < -0.3 is 20.2 Å². The molecule has 1 fully saturated rings. The summed E-state index contributed by atoms with van der Waals surface area (Å²) in [7, 11) is 0. The van der Waals surface area contributed by atoms with Crippen LogP contribution >= 0.6 is 0 Å². The highest BCUT2D eigenvalue weighted by Gasteiger charge is 2.30. The molecule has 0 saturated carbocycles. The molecule has 0 unspecified atom stereocenters. The number of rotatable bonds is 5. The molecular weight excluding hydrogens is 375 g/mol. The molecule has 0 radical (unpaired) electrons. The fourth-order valence-corrected chi connectivity index (χ4v) is 2.81. The Morgan fingerprint density at radius 3 is 2.39 bits per heavy atom. The van der Waals surface area contributed by atoms with Crippen LogP contribution in [-0.4, -0.2) is 52.4 Å². The van der Waals surface area contributed by atoms with Crippen molar-refractivity contribution in [3.05, 3.63) is 48.3 Å². The number of anilines is 3. The van der Waals surface area contributed by atoms with Gasteiger partial charge in [0.15, 0.2) is 11.6 Å². The Morgan fingerprint density at radius 1 is 1.11 bits per heavy atom. The van der Waals surface area contributed by atoms with Crippen LogP contribution in [0.2, 0.25) is 0 Å². The molecule has 148 valence electrons. The highest BCUT2D eigenvalue weighted by molar-refractivity contribution is 5.69. The second-order valence-electron chi connectivity index (χ2n) is 6.10. The molecule has 0 aliphatic carbocycles. The molecular formula is C18H18F3N5O2. The molecule has 0 spiro atoms. The molecule has 1 aliphatic heterocycles. The maximum Gasteiger partial charge on any atom is 0.416 e. The standard InChI is InChI=1S/C18H18F3N5O2/c19-18(20,21)13-2-4-14(5-3-13)23-16-17(22-12-15(28)24-16)26-9-7-25(8-10-26)6-1-11-27/h1-6,11-12H,7-10H2,(H2,23,24,28). The van der Waals surface area contributed by atoms with Gasteiger partial charge in [-0.3, -0.25) is 4.79 Å². The minimum absolute atomic E-state index is 0.247. The van der Waals surface area contributed by atoms with Gasteiger partial charge in [-0.25, -0.2) is 4.98 Å². The number of allylic oxidation sites excluding steroid dienone is 1. The molecule has 2 aromatic rings. The molecule has 0 atom stereocenters. The summed E-state index contributed by atoms with van der Waals surface area (Å²) in [5.41, 5.74) is -0.360. The Labute approximate surface area is 159 Å². The summed E-state index contributed by atoms with van der Waals surface area (Å²) < 4.78 is 38.1. The maximum atomic E-state index is 12.7. The van der Waals surface area contributed by atoms with Crippen LogP contribution in [0.25, 0.3) is 0 Å². The quantitative estimate of drug-likeness (QED) is 0.597. The van der Waals surface area contributed by atoms with Crippen LogP contribution in [0.3, 0.4) is 0 Å². The van der Waals surface area contributed by atoms with E-state index in [-0.39, 0.29) is 11.7 Å². The number of benzene rings is 1. The van der Waals surface area contributed by atoms with Crippen LogP contribution in [0.15, 0.2) is 42.7 Å². The molecule has 1 aromatic heterocycles. The lowest BCUT2D eigenvalue weighted by atomic mass is 10.2. The van der Waals surface area contributed by atoms with Crippen molar-refractivity contribution in [3.63, 3.8) is 0 Å². The van der Waals surface area contributed by atoms with E-state index >= 15 is 0 Å². The van der Waals surface area contributed by atoms with E-state index in [1.54, 1.807) is 6.20 Å². The number of alkyl halides is 3. The second kappa shape index (κ2) is 8.15. The van der Waals surface area contributed by atoms with Crippen molar-refractivity contribution in [2.75, 3.05) is 36.4 Å². The predicted molar refractivity (Wildman–Crippen MR) is 97.4 cm³/mol. The third-order valence-corrected chi connectivity index (χ3v) is 4.20. The Bertz CT molecular complexity index is 847. The van der Waals surface area contributed by atoms with Gasteiger partial charge in [-0.1, -0.05) is 0 Å². The van der Waals surface area contributed by atoms with Crippen molar-refractivity contribution in [1.29, 1.82) is 0 Å². The van der Waals surface area contributed by atoms with Crippen molar-refractivity contribution < 1.29 is 23.1 Å². The Morgan fingerprint density at radius 2 is 1.79 bits per heavy atom. The molecule has 28 heavy (non-hydrogen) atoms. The molecule has 3 rings (SSSR count). The molecule has 10 heteroatoms. The number of carbonyl (C=O) groups excluding carboxylic acids is 1. The number of nitrogens with one attached hydrogen (secondary N) is 1. The summed E-state index contributed by atoms with van der Waals surface area (Å²) in [6.07, 6.45) is 0.657. The largest absolute Gasteiger partial charge is 0.492 e. The van der Waals surface area contributed by atoms with Gasteiger partial charge in [0.05, 0.1) is 11.8 Å². The first-order valence-electron chi connectivity index (χ1n) is 8.48. The van der Waals surface area contributed by atoms with Crippen molar-refractivity contribution in [2.45, 2.75) is 6.18 Å².